The fourth-order valence-corrected chi connectivity index (χ4v) is 3.10. The summed E-state index contributed by atoms with van der Waals surface area (Å²) in [5.41, 5.74) is 1.19. The largest absolute Gasteiger partial charge is 0.382 e. The summed E-state index contributed by atoms with van der Waals surface area (Å²) in [4.78, 5) is 24.4. The smallest absolute Gasteiger partial charge is 0.251 e. The predicted molar refractivity (Wildman–Crippen MR) is 105 cm³/mol. The molecule has 0 aliphatic heterocycles. The first-order chi connectivity index (χ1) is 12.1. The third-order valence-electron chi connectivity index (χ3n) is 3.58. The van der Waals surface area contributed by atoms with E-state index in [1.165, 1.54) is 0 Å². The van der Waals surface area contributed by atoms with Gasteiger partial charge < -0.3 is 15.4 Å². The van der Waals surface area contributed by atoms with Crippen LogP contribution in [-0.2, 0) is 9.53 Å². The molecule has 0 heterocycles. The van der Waals surface area contributed by atoms with Crippen molar-refractivity contribution in [1.82, 2.24) is 5.32 Å². The van der Waals surface area contributed by atoms with Crippen molar-refractivity contribution in [3.63, 3.8) is 0 Å². The van der Waals surface area contributed by atoms with Crippen molar-refractivity contribution in [2.45, 2.75) is 45.3 Å². The monoisotopic (exact) mass is 366 g/mol. The zero-order chi connectivity index (χ0) is 18.5. The molecule has 2 N–H and O–H groups in total. The fourth-order valence-electron chi connectivity index (χ4n) is 2.08. The number of benzene rings is 1. The quantitative estimate of drug-likeness (QED) is 0.554. The number of rotatable bonds is 12. The molecule has 0 radical (unpaired) electrons. The van der Waals surface area contributed by atoms with Crippen LogP contribution in [0.4, 0.5) is 5.69 Å². The number of carbonyl (C=O) groups excluding carboxylic acids is 2. The van der Waals surface area contributed by atoms with E-state index in [1.807, 2.05) is 13.8 Å². The van der Waals surface area contributed by atoms with Crippen molar-refractivity contribution < 1.29 is 14.3 Å². The normalized spacial score (nSPS) is 11.8. The molecule has 6 heteroatoms. The van der Waals surface area contributed by atoms with Crippen LogP contribution in [0.2, 0.25) is 0 Å². The Morgan fingerprint density at radius 2 is 2.04 bits per heavy atom. The van der Waals surface area contributed by atoms with E-state index in [9.17, 15) is 9.59 Å². The van der Waals surface area contributed by atoms with E-state index in [4.69, 9.17) is 4.74 Å². The number of thioether (sulfide) groups is 1. The second kappa shape index (κ2) is 12.8. The van der Waals surface area contributed by atoms with Crippen molar-refractivity contribution in [3.05, 3.63) is 29.8 Å². The summed E-state index contributed by atoms with van der Waals surface area (Å²) in [5, 5.41) is 5.64. The molecule has 1 unspecified atom stereocenters. The average Bonchev–Trinajstić information content (AvgIpc) is 2.61. The van der Waals surface area contributed by atoms with Crippen LogP contribution in [0.1, 0.15) is 50.4 Å². The van der Waals surface area contributed by atoms with Crippen LogP contribution >= 0.6 is 11.8 Å². The summed E-state index contributed by atoms with van der Waals surface area (Å²) in [6.45, 7) is 7.89. The molecule has 0 bridgehead atoms. The number of carbonyl (C=O) groups is 2. The highest BCUT2D eigenvalue weighted by Gasteiger charge is 2.14. The number of unbranched alkanes of at least 4 members (excludes halogenated alkanes) is 1. The van der Waals surface area contributed by atoms with Crippen LogP contribution in [0.3, 0.4) is 0 Å². The van der Waals surface area contributed by atoms with E-state index in [1.54, 1.807) is 36.0 Å². The molecule has 2 amide bonds. The minimum atomic E-state index is -0.141. The maximum atomic E-state index is 12.2. The minimum absolute atomic E-state index is 0.0321. The summed E-state index contributed by atoms with van der Waals surface area (Å²) < 4.78 is 5.24. The van der Waals surface area contributed by atoms with E-state index in [0.29, 0.717) is 31.0 Å². The Labute approximate surface area is 155 Å². The van der Waals surface area contributed by atoms with Gasteiger partial charge in [-0.15, -0.1) is 11.8 Å². The molecule has 1 atom stereocenters. The maximum Gasteiger partial charge on any atom is 0.251 e. The number of ether oxygens (including phenoxy) is 1. The number of anilines is 1. The molecular weight excluding hydrogens is 336 g/mol. The van der Waals surface area contributed by atoms with Crippen LogP contribution in [0.25, 0.3) is 0 Å². The van der Waals surface area contributed by atoms with Gasteiger partial charge in [-0.05, 0) is 50.6 Å². The van der Waals surface area contributed by atoms with Crippen molar-refractivity contribution in [2.24, 2.45) is 0 Å². The molecule has 1 rings (SSSR count). The standard InChI is InChI=1S/C19H30N2O3S/c1-4-6-13-25-15(3)18(22)21-17-10-7-9-16(14-17)19(23)20-11-8-12-24-5-2/h7,9-10,14-15H,4-6,8,11-13H2,1-3H3,(H,20,23)(H,21,22). The lowest BCUT2D eigenvalue weighted by atomic mass is 10.2. The first-order valence-corrected chi connectivity index (χ1v) is 10.0. The molecule has 1 aromatic carbocycles. The molecule has 25 heavy (non-hydrogen) atoms. The molecular formula is C19H30N2O3S. The van der Waals surface area contributed by atoms with Gasteiger partial charge in [0.2, 0.25) is 5.91 Å². The van der Waals surface area contributed by atoms with Crippen molar-refractivity contribution in [1.29, 1.82) is 0 Å². The van der Waals surface area contributed by atoms with E-state index >= 15 is 0 Å². The number of hydrogen-bond acceptors (Lipinski definition) is 4. The average molecular weight is 367 g/mol. The van der Waals surface area contributed by atoms with Gasteiger partial charge in [0.1, 0.15) is 0 Å². The van der Waals surface area contributed by atoms with Crippen LogP contribution in [0.15, 0.2) is 24.3 Å². The predicted octanol–water partition coefficient (Wildman–Crippen LogP) is 3.70. The Bertz CT molecular complexity index is 537. The molecule has 5 nitrogen and oxygen atoms in total. The minimum Gasteiger partial charge on any atom is -0.382 e. The molecule has 1 aromatic rings. The zero-order valence-electron chi connectivity index (χ0n) is 15.5. The first-order valence-electron chi connectivity index (χ1n) is 8.97. The molecule has 0 aliphatic carbocycles. The van der Waals surface area contributed by atoms with Crippen LogP contribution in [-0.4, -0.2) is 42.6 Å². The van der Waals surface area contributed by atoms with E-state index < -0.39 is 0 Å². The van der Waals surface area contributed by atoms with Gasteiger partial charge in [0, 0.05) is 31.0 Å². The molecule has 140 valence electrons. The number of nitrogens with one attached hydrogen (secondary N) is 2. The summed E-state index contributed by atoms with van der Waals surface area (Å²) >= 11 is 1.65. The van der Waals surface area contributed by atoms with Crippen molar-refractivity contribution in [3.8, 4) is 0 Å². The van der Waals surface area contributed by atoms with Gasteiger partial charge in [0.05, 0.1) is 5.25 Å². The highest BCUT2D eigenvalue weighted by molar-refractivity contribution is 8.00. The molecule has 0 fully saturated rings. The Kier molecular flexibility index (Phi) is 11.0. The van der Waals surface area contributed by atoms with Gasteiger partial charge in [0.25, 0.3) is 5.91 Å². The number of hydrogen-bond donors (Lipinski definition) is 2. The lowest BCUT2D eigenvalue weighted by Gasteiger charge is -2.12. The van der Waals surface area contributed by atoms with Gasteiger partial charge in [0.15, 0.2) is 0 Å². The number of amides is 2. The molecule has 0 saturated heterocycles. The van der Waals surface area contributed by atoms with E-state index in [-0.39, 0.29) is 17.1 Å². The van der Waals surface area contributed by atoms with Gasteiger partial charge in [-0.1, -0.05) is 19.4 Å². The first kappa shape index (κ1) is 21.5. The maximum absolute atomic E-state index is 12.2. The molecule has 0 saturated carbocycles. The van der Waals surface area contributed by atoms with Crippen molar-refractivity contribution >= 4 is 29.3 Å². The fraction of sp³-hybridized carbons (Fsp3) is 0.579. The lowest BCUT2D eigenvalue weighted by Crippen LogP contribution is -2.26. The third kappa shape index (κ3) is 8.93. The SMILES string of the molecule is CCCCSC(C)C(=O)Nc1cccc(C(=O)NCCCOCC)c1. The van der Waals surface area contributed by atoms with E-state index in [2.05, 4.69) is 17.6 Å². The van der Waals surface area contributed by atoms with E-state index in [0.717, 1.165) is 25.0 Å². The van der Waals surface area contributed by atoms with Gasteiger partial charge in [-0.25, -0.2) is 0 Å². The Hall–Kier alpha value is -1.53. The Morgan fingerprint density at radius 1 is 1.24 bits per heavy atom. The second-order valence-electron chi connectivity index (χ2n) is 5.74. The summed E-state index contributed by atoms with van der Waals surface area (Å²) in [7, 11) is 0. The Balaban J connectivity index is 2.48. The molecule has 0 spiro atoms. The van der Waals surface area contributed by atoms with Gasteiger partial charge >= 0.3 is 0 Å². The highest BCUT2D eigenvalue weighted by atomic mass is 32.2. The Morgan fingerprint density at radius 3 is 2.76 bits per heavy atom. The highest BCUT2D eigenvalue weighted by Crippen LogP contribution is 2.16. The molecule has 0 aliphatic rings. The van der Waals surface area contributed by atoms with Crippen molar-refractivity contribution in [2.75, 3.05) is 30.8 Å². The van der Waals surface area contributed by atoms with Crippen LogP contribution < -0.4 is 10.6 Å². The van der Waals surface area contributed by atoms with Crippen LogP contribution in [0.5, 0.6) is 0 Å². The summed E-state index contributed by atoms with van der Waals surface area (Å²) in [6, 6.07) is 7.03. The second-order valence-corrected chi connectivity index (χ2v) is 7.19. The third-order valence-corrected chi connectivity index (χ3v) is 4.82. The lowest BCUT2D eigenvalue weighted by molar-refractivity contribution is -0.115. The zero-order valence-corrected chi connectivity index (χ0v) is 16.3. The summed E-state index contributed by atoms with van der Waals surface area (Å²) in [6.07, 6.45) is 3.02. The summed E-state index contributed by atoms with van der Waals surface area (Å²) in [5.74, 6) is 0.809. The van der Waals surface area contributed by atoms with Gasteiger partial charge in [-0.3, -0.25) is 9.59 Å². The van der Waals surface area contributed by atoms with Crippen LogP contribution in [0, 0.1) is 0 Å². The topological polar surface area (TPSA) is 67.4 Å². The molecule has 0 aromatic heterocycles. The van der Waals surface area contributed by atoms with Gasteiger partial charge in [-0.2, -0.15) is 0 Å².